The van der Waals surface area contributed by atoms with Gasteiger partial charge in [0.1, 0.15) is 0 Å². The Morgan fingerprint density at radius 3 is 1.80 bits per heavy atom. The van der Waals surface area contributed by atoms with Gasteiger partial charge in [0, 0.05) is 0 Å². The van der Waals surface area contributed by atoms with Crippen LogP contribution in [0.25, 0.3) is 0 Å². The van der Waals surface area contributed by atoms with Crippen molar-refractivity contribution >= 4 is 23.4 Å². The molecule has 60 valence electrons. The molecule has 0 saturated carbocycles. The third-order valence-corrected chi connectivity index (χ3v) is 0.287. The number of primary amides is 1. The fourth-order valence-corrected chi connectivity index (χ4v) is 0.142. The zero-order valence-corrected chi connectivity index (χ0v) is 6.48. The van der Waals surface area contributed by atoms with E-state index in [1.807, 2.05) is 0 Å². The molecule has 0 rings (SSSR count). The van der Waals surface area contributed by atoms with E-state index >= 15 is 0 Å². The van der Waals surface area contributed by atoms with Gasteiger partial charge in [-0.2, -0.15) is 0 Å². The van der Waals surface area contributed by atoms with Crippen molar-refractivity contribution in [3.8, 4) is 0 Å². The predicted octanol–water partition coefficient (Wildman–Crippen LogP) is -0.710. The van der Waals surface area contributed by atoms with Crippen LogP contribution in [0, 0.1) is 0 Å². The van der Waals surface area contributed by atoms with E-state index in [0.717, 1.165) is 0 Å². The van der Waals surface area contributed by atoms with Crippen LogP contribution >= 0.6 is 12.2 Å². The molecule has 0 fully saturated rings. The van der Waals surface area contributed by atoms with Crippen LogP contribution in [0.15, 0.2) is 0 Å². The summed E-state index contributed by atoms with van der Waals surface area (Å²) in [5.74, 6) is 0. The van der Waals surface area contributed by atoms with E-state index in [2.05, 4.69) is 34.2 Å². The van der Waals surface area contributed by atoms with Crippen LogP contribution < -0.4 is 17.2 Å². The lowest BCUT2D eigenvalue weighted by molar-refractivity contribution is 0.163. The third-order valence-electron chi connectivity index (χ3n) is 0.287. The summed E-state index contributed by atoms with van der Waals surface area (Å²) in [5.41, 5.74) is 13.8. The van der Waals surface area contributed by atoms with Crippen LogP contribution in [0.3, 0.4) is 0 Å². The molecule has 0 aliphatic carbocycles. The second-order valence-electron chi connectivity index (χ2n) is 1.15. The summed E-state index contributed by atoms with van der Waals surface area (Å²) in [7, 11) is 0. The minimum atomic E-state index is -0.711. The fraction of sp³-hybridized carbons (Fsp3) is 0.500. The maximum Gasteiger partial charge on any atom is 0.404 e. The smallest absolute Gasteiger partial charge is 0.404 e. The summed E-state index contributed by atoms with van der Waals surface area (Å²) in [5, 5.41) is 0.000000000000000222. The number of hydrogen-bond donors (Lipinski definition) is 3. The van der Waals surface area contributed by atoms with Gasteiger partial charge in [-0.1, -0.05) is 0 Å². The minimum Gasteiger partial charge on any atom is -0.450 e. The van der Waals surface area contributed by atoms with Gasteiger partial charge in [0.05, 0.1) is 6.61 Å². The summed E-state index contributed by atoms with van der Waals surface area (Å²) in [6.07, 6.45) is -0.711. The van der Waals surface area contributed by atoms with E-state index in [1.54, 1.807) is 6.92 Å². The third kappa shape index (κ3) is 64.4. The molecule has 0 unspecified atom stereocenters. The van der Waals surface area contributed by atoms with Crippen LogP contribution in [0.4, 0.5) is 4.79 Å². The SMILES string of the molecule is CCOC(N)=O.NC(N)=S. The number of hydrogen-bond acceptors (Lipinski definition) is 3. The molecule has 5 nitrogen and oxygen atoms in total. The Morgan fingerprint density at radius 2 is 1.80 bits per heavy atom. The largest absolute Gasteiger partial charge is 0.450 e. The van der Waals surface area contributed by atoms with Crippen molar-refractivity contribution in [3.63, 3.8) is 0 Å². The normalized spacial score (nSPS) is 6.90. The molecule has 0 heterocycles. The Bertz CT molecular complexity index is 113. The maximum atomic E-state index is 9.60. The first-order chi connectivity index (χ1) is 4.50. The van der Waals surface area contributed by atoms with Crippen LogP contribution in [0.5, 0.6) is 0 Å². The van der Waals surface area contributed by atoms with Gasteiger partial charge >= 0.3 is 6.09 Å². The topological polar surface area (TPSA) is 104 Å². The second kappa shape index (κ2) is 7.96. The highest BCUT2D eigenvalue weighted by molar-refractivity contribution is 7.80. The zero-order chi connectivity index (χ0) is 8.57. The van der Waals surface area contributed by atoms with Crippen molar-refractivity contribution in [2.24, 2.45) is 17.2 Å². The summed E-state index contributed by atoms with van der Waals surface area (Å²) in [6.45, 7) is 2.06. The minimum absolute atomic E-state index is 0.000000000000000222. The van der Waals surface area contributed by atoms with Crippen LogP contribution in [-0.2, 0) is 4.74 Å². The van der Waals surface area contributed by atoms with Crippen molar-refractivity contribution < 1.29 is 9.53 Å². The number of carbonyl (C=O) groups excluding carboxylic acids is 1. The highest BCUT2D eigenvalue weighted by atomic mass is 32.1. The molecule has 0 aliphatic rings. The Balaban J connectivity index is 0. The van der Waals surface area contributed by atoms with Gasteiger partial charge in [0.2, 0.25) is 0 Å². The molecule has 0 bridgehead atoms. The van der Waals surface area contributed by atoms with E-state index in [1.165, 1.54) is 0 Å². The number of thiocarbonyl (C=S) groups is 1. The first-order valence-electron chi connectivity index (χ1n) is 2.47. The number of carbonyl (C=O) groups is 1. The van der Waals surface area contributed by atoms with Crippen molar-refractivity contribution in [1.82, 2.24) is 0 Å². The first-order valence-corrected chi connectivity index (χ1v) is 2.88. The summed E-state index contributed by atoms with van der Waals surface area (Å²) >= 11 is 4.09. The molecule has 0 saturated heterocycles. The number of ether oxygens (including phenoxy) is 1. The van der Waals surface area contributed by atoms with E-state index < -0.39 is 6.09 Å². The standard InChI is InChI=1S/C3H7NO2.CH4N2S/c1-2-6-3(4)5;2-1(3)4/h2H2,1H3,(H2,4,5);(H4,2,3,4). The maximum absolute atomic E-state index is 9.60. The Hall–Kier alpha value is -1.04. The summed E-state index contributed by atoms with van der Waals surface area (Å²) < 4.78 is 4.18. The van der Waals surface area contributed by atoms with Gasteiger partial charge in [0.15, 0.2) is 5.11 Å². The van der Waals surface area contributed by atoms with Crippen molar-refractivity contribution in [3.05, 3.63) is 0 Å². The molecule has 6 N–H and O–H groups in total. The molecule has 6 heteroatoms. The van der Waals surface area contributed by atoms with Gasteiger partial charge in [-0.3, -0.25) is 0 Å². The molecular weight excluding hydrogens is 154 g/mol. The van der Waals surface area contributed by atoms with Gasteiger partial charge in [0.25, 0.3) is 0 Å². The summed E-state index contributed by atoms with van der Waals surface area (Å²) in [4.78, 5) is 9.60. The van der Waals surface area contributed by atoms with Crippen LogP contribution in [0.1, 0.15) is 6.92 Å². The Morgan fingerprint density at radius 1 is 1.50 bits per heavy atom. The average Bonchev–Trinajstić information content (AvgIpc) is 1.62. The van der Waals surface area contributed by atoms with Gasteiger partial charge in [-0.25, -0.2) is 4.79 Å². The Kier molecular flexibility index (Phi) is 9.33. The lowest BCUT2D eigenvalue weighted by atomic mass is 10.9. The molecule has 0 aromatic heterocycles. The van der Waals surface area contributed by atoms with Gasteiger partial charge in [-0.15, -0.1) is 0 Å². The highest BCUT2D eigenvalue weighted by Gasteiger charge is 1.82. The van der Waals surface area contributed by atoms with E-state index in [0.29, 0.717) is 6.61 Å². The number of amides is 1. The molecule has 0 atom stereocenters. The van der Waals surface area contributed by atoms with Crippen molar-refractivity contribution in [2.75, 3.05) is 6.61 Å². The monoisotopic (exact) mass is 165 g/mol. The molecule has 0 radical (unpaired) electrons. The molecule has 0 aliphatic heterocycles. The number of nitrogens with two attached hydrogens (primary N) is 3. The molecule has 0 spiro atoms. The summed E-state index contributed by atoms with van der Waals surface area (Å²) in [6, 6.07) is 0. The van der Waals surface area contributed by atoms with Gasteiger partial charge in [-0.05, 0) is 19.1 Å². The van der Waals surface area contributed by atoms with E-state index in [-0.39, 0.29) is 5.11 Å². The molecule has 0 aromatic rings. The van der Waals surface area contributed by atoms with E-state index in [9.17, 15) is 4.79 Å². The first kappa shape index (κ1) is 11.7. The predicted molar refractivity (Wildman–Crippen MR) is 42.2 cm³/mol. The number of rotatable bonds is 1. The second-order valence-corrected chi connectivity index (χ2v) is 1.63. The highest BCUT2D eigenvalue weighted by Crippen LogP contribution is 1.66. The molecule has 0 aromatic carbocycles. The average molecular weight is 165 g/mol. The van der Waals surface area contributed by atoms with Crippen molar-refractivity contribution in [2.45, 2.75) is 6.92 Å². The lowest BCUT2D eigenvalue weighted by Gasteiger charge is -1.89. The molecular formula is C4H11N3O2S. The van der Waals surface area contributed by atoms with Crippen LogP contribution in [0.2, 0.25) is 0 Å². The van der Waals surface area contributed by atoms with E-state index in [4.69, 9.17) is 0 Å². The van der Waals surface area contributed by atoms with Gasteiger partial charge < -0.3 is 21.9 Å². The molecule has 10 heavy (non-hydrogen) atoms. The zero-order valence-electron chi connectivity index (χ0n) is 5.66. The Labute approximate surface area is 64.5 Å². The van der Waals surface area contributed by atoms with Crippen molar-refractivity contribution in [1.29, 1.82) is 0 Å². The molecule has 1 amide bonds. The fourth-order valence-electron chi connectivity index (χ4n) is 0.142. The quantitative estimate of drug-likeness (QED) is 0.445. The van der Waals surface area contributed by atoms with Crippen LogP contribution in [-0.4, -0.2) is 17.8 Å². The lowest BCUT2D eigenvalue weighted by Crippen LogP contribution is -2.18.